The Balaban J connectivity index is 1.86. The van der Waals surface area contributed by atoms with Gasteiger partial charge in [-0.25, -0.2) is 0 Å². The van der Waals surface area contributed by atoms with Crippen molar-refractivity contribution in [2.45, 2.75) is 65.0 Å². The van der Waals surface area contributed by atoms with Crippen LogP contribution in [0, 0.1) is 11.8 Å². The van der Waals surface area contributed by atoms with Gasteiger partial charge in [0.1, 0.15) is 0 Å². The summed E-state index contributed by atoms with van der Waals surface area (Å²) in [4.78, 5) is 0. The molecule has 6 heteroatoms. The van der Waals surface area contributed by atoms with E-state index in [1.165, 1.54) is 6.42 Å². The minimum atomic E-state index is -3.32. The van der Waals surface area contributed by atoms with Crippen LogP contribution in [0.3, 0.4) is 0 Å². The number of piperidine rings is 1. The van der Waals surface area contributed by atoms with Gasteiger partial charge in [0.15, 0.2) is 0 Å². The molecular formula is C15H31N3O2S. The Morgan fingerprint density at radius 2 is 1.86 bits per heavy atom. The summed E-state index contributed by atoms with van der Waals surface area (Å²) >= 11 is 0. The van der Waals surface area contributed by atoms with E-state index in [-0.39, 0.29) is 6.04 Å². The molecule has 1 saturated carbocycles. The van der Waals surface area contributed by atoms with Crippen LogP contribution in [0.2, 0.25) is 0 Å². The van der Waals surface area contributed by atoms with Gasteiger partial charge in [0.2, 0.25) is 0 Å². The van der Waals surface area contributed by atoms with Crippen molar-refractivity contribution in [2.75, 3.05) is 19.6 Å². The van der Waals surface area contributed by atoms with E-state index in [9.17, 15) is 8.42 Å². The fraction of sp³-hybridized carbons (Fsp3) is 1.00. The van der Waals surface area contributed by atoms with Crippen LogP contribution in [0.1, 0.15) is 52.9 Å². The molecule has 2 atom stereocenters. The van der Waals surface area contributed by atoms with Crippen LogP contribution in [0.25, 0.3) is 0 Å². The summed E-state index contributed by atoms with van der Waals surface area (Å²) in [5.74, 6) is 0.958. The molecular weight excluding hydrogens is 286 g/mol. The zero-order valence-corrected chi connectivity index (χ0v) is 14.5. The molecule has 21 heavy (non-hydrogen) atoms. The quantitative estimate of drug-likeness (QED) is 0.751. The first-order valence-electron chi connectivity index (χ1n) is 8.39. The maximum Gasteiger partial charge on any atom is 0.279 e. The van der Waals surface area contributed by atoms with Crippen LogP contribution in [-0.4, -0.2) is 44.4 Å². The van der Waals surface area contributed by atoms with Crippen molar-refractivity contribution in [3.63, 3.8) is 0 Å². The molecule has 124 valence electrons. The van der Waals surface area contributed by atoms with E-state index in [0.717, 1.165) is 32.2 Å². The summed E-state index contributed by atoms with van der Waals surface area (Å²) in [6, 6.07) is 0.520. The summed E-state index contributed by atoms with van der Waals surface area (Å²) in [5.41, 5.74) is 0. The molecule has 2 rings (SSSR count). The Hall–Kier alpha value is -0.170. The Labute approximate surface area is 130 Å². The Kier molecular flexibility index (Phi) is 6.05. The van der Waals surface area contributed by atoms with E-state index in [2.05, 4.69) is 23.9 Å². The van der Waals surface area contributed by atoms with Crippen molar-refractivity contribution >= 4 is 10.2 Å². The van der Waals surface area contributed by atoms with Gasteiger partial charge in [0, 0.05) is 25.2 Å². The van der Waals surface area contributed by atoms with E-state index in [4.69, 9.17) is 0 Å². The molecule has 2 N–H and O–H groups in total. The molecule has 0 spiro atoms. The third-order valence-electron chi connectivity index (χ3n) is 4.83. The van der Waals surface area contributed by atoms with E-state index >= 15 is 0 Å². The van der Waals surface area contributed by atoms with Gasteiger partial charge in [-0.2, -0.15) is 17.4 Å². The van der Waals surface area contributed by atoms with Crippen molar-refractivity contribution < 1.29 is 8.42 Å². The molecule has 1 saturated heterocycles. The highest BCUT2D eigenvalue weighted by Crippen LogP contribution is 2.30. The van der Waals surface area contributed by atoms with Crippen LogP contribution in [0.15, 0.2) is 0 Å². The zero-order chi connectivity index (χ0) is 15.5. The van der Waals surface area contributed by atoms with Crippen LogP contribution in [0.5, 0.6) is 0 Å². The number of hydrogen-bond acceptors (Lipinski definition) is 3. The molecule has 2 fully saturated rings. The van der Waals surface area contributed by atoms with Crippen molar-refractivity contribution in [3.05, 3.63) is 0 Å². The number of nitrogens with one attached hydrogen (secondary N) is 2. The van der Waals surface area contributed by atoms with Crippen LogP contribution >= 0.6 is 0 Å². The smallest absolute Gasteiger partial charge is 0.279 e. The lowest BCUT2D eigenvalue weighted by Crippen LogP contribution is -2.51. The number of nitrogens with zero attached hydrogens (tertiary/aromatic N) is 1. The first-order chi connectivity index (χ1) is 9.88. The van der Waals surface area contributed by atoms with Gasteiger partial charge in [-0.1, -0.05) is 20.3 Å². The first kappa shape index (κ1) is 17.2. The van der Waals surface area contributed by atoms with E-state index in [1.807, 2.05) is 6.92 Å². The van der Waals surface area contributed by atoms with Gasteiger partial charge in [0.25, 0.3) is 10.2 Å². The van der Waals surface area contributed by atoms with Gasteiger partial charge in [0.05, 0.1) is 0 Å². The van der Waals surface area contributed by atoms with Crippen LogP contribution < -0.4 is 10.0 Å². The molecule has 1 heterocycles. The molecule has 2 aliphatic rings. The van der Waals surface area contributed by atoms with E-state index < -0.39 is 10.2 Å². The second kappa shape index (κ2) is 7.40. The summed E-state index contributed by atoms with van der Waals surface area (Å²) in [7, 11) is -3.32. The minimum Gasteiger partial charge on any atom is -0.314 e. The van der Waals surface area contributed by atoms with Gasteiger partial charge in [-0.15, -0.1) is 0 Å². The average Bonchev–Trinajstić information content (AvgIpc) is 2.34. The number of hydrogen-bond donors (Lipinski definition) is 2. The molecule has 1 aliphatic heterocycles. The zero-order valence-electron chi connectivity index (χ0n) is 13.6. The molecule has 0 radical (unpaired) electrons. The molecule has 0 aromatic heterocycles. The van der Waals surface area contributed by atoms with E-state index in [1.54, 1.807) is 4.31 Å². The number of rotatable bonds is 7. The topological polar surface area (TPSA) is 61.4 Å². The second-order valence-electron chi connectivity index (χ2n) is 7.03. The van der Waals surface area contributed by atoms with Crippen LogP contribution in [-0.2, 0) is 10.2 Å². The van der Waals surface area contributed by atoms with Crippen molar-refractivity contribution in [3.8, 4) is 0 Å². The maximum absolute atomic E-state index is 12.5. The molecule has 5 nitrogen and oxygen atoms in total. The fourth-order valence-electron chi connectivity index (χ4n) is 3.16. The third kappa shape index (κ3) is 4.91. The predicted molar refractivity (Wildman–Crippen MR) is 86.3 cm³/mol. The normalized spacial score (nSPS) is 26.8. The van der Waals surface area contributed by atoms with Crippen molar-refractivity contribution in [2.24, 2.45) is 11.8 Å². The molecule has 0 aromatic rings. The highest BCUT2D eigenvalue weighted by atomic mass is 32.2. The monoisotopic (exact) mass is 317 g/mol. The predicted octanol–water partition coefficient (Wildman–Crippen LogP) is 1.72. The highest BCUT2D eigenvalue weighted by molar-refractivity contribution is 7.87. The highest BCUT2D eigenvalue weighted by Gasteiger charge is 2.32. The van der Waals surface area contributed by atoms with Crippen molar-refractivity contribution in [1.29, 1.82) is 0 Å². The SMILES string of the molecule is CC(C)NCC1CCCN(S(=O)(=O)NC(C)C2CCC2)C1. The van der Waals surface area contributed by atoms with Crippen molar-refractivity contribution in [1.82, 2.24) is 14.3 Å². The lowest BCUT2D eigenvalue weighted by molar-refractivity contribution is 0.237. The lowest BCUT2D eigenvalue weighted by atomic mass is 9.81. The van der Waals surface area contributed by atoms with Gasteiger partial charge in [-0.05, 0) is 51.0 Å². The van der Waals surface area contributed by atoms with Crippen LogP contribution in [0.4, 0.5) is 0 Å². The maximum atomic E-state index is 12.5. The van der Waals surface area contributed by atoms with Gasteiger partial charge >= 0.3 is 0 Å². The largest absolute Gasteiger partial charge is 0.314 e. The molecule has 0 amide bonds. The standard InChI is InChI=1S/C15H31N3O2S/c1-12(2)16-10-14-6-5-9-18(11-14)21(19,20)17-13(3)15-7-4-8-15/h12-17H,4-11H2,1-3H3. The summed E-state index contributed by atoms with van der Waals surface area (Å²) in [5, 5.41) is 3.42. The summed E-state index contributed by atoms with van der Waals surface area (Å²) < 4.78 is 29.6. The first-order valence-corrected chi connectivity index (χ1v) is 9.83. The second-order valence-corrected chi connectivity index (χ2v) is 8.73. The lowest BCUT2D eigenvalue weighted by Gasteiger charge is -2.36. The molecule has 1 aliphatic carbocycles. The Morgan fingerprint density at radius 3 is 2.43 bits per heavy atom. The Bertz CT molecular complexity index is 421. The Morgan fingerprint density at radius 1 is 1.14 bits per heavy atom. The average molecular weight is 317 g/mol. The molecule has 0 bridgehead atoms. The minimum absolute atomic E-state index is 0.0675. The van der Waals surface area contributed by atoms with E-state index in [0.29, 0.717) is 31.0 Å². The summed E-state index contributed by atoms with van der Waals surface area (Å²) in [6.07, 6.45) is 5.63. The molecule has 2 unspecified atom stereocenters. The van der Waals surface area contributed by atoms with Gasteiger partial charge < -0.3 is 5.32 Å². The third-order valence-corrected chi connectivity index (χ3v) is 6.51. The van der Waals surface area contributed by atoms with Gasteiger partial charge in [-0.3, -0.25) is 0 Å². The summed E-state index contributed by atoms with van der Waals surface area (Å²) in [6.45, 7) is 8.46. The fourth-order valence-corrected chi connectivity index (χ4v) is 4.75. The molecule has 0 aromatic carbocycles.